The number of halogens is 1. The standard InChI is InChI=1S/C17H22FNO3S/c18-15-7-3-4-8-16(15)19(14-5-1-2-6-14)17(20)11-13-9-10-23(21,22)12-13/h3-4,7-8,13-14H,1-2,5-6,9-12H2. The zero-order valence-corrected chi connectivity index (χ0v) is 13.9. The van der Waals surface area contributed by atoms with Crippen molar-refractivity contribution >= 4 is 21.4 Å². The monoisotopic (exact) mass is 339 g/mol. The van der Waals surface area contributed by atoms with Gasteiger partial charge in [0.1, 0.15) is 5.82 Å². The lowest BCUT2D eigenvalue weighted by Crippen LogP contribution is -2.40. The van der Waals surface area contributed by atoms with E-state index in [2.05, 4.69) is 0 Å². The van der Waals surface area contributed by atoms with Gasteiger partial charge in [-0.05, 0) is 37.3 Å². The predicted octanol–water partition coefficient (Wildman–Crippen LogP) is 2.93. The minimum Gasteiger partial charge on any atom is -0.307 e. The van der Waals surface area contributed by atoms with E-state index in [9.17, 15) is 17.6 Å². The molecule has 1 saturated carbocycles. The van der Waals surface area contributed by atoms with E-state index in [1.54, 1.807) is 23.1 Å². The highest BCUT2D eigenvalue weighted by molar-refractivity contribution is 7.91. The number of benzene rings is 1. The molecule has 0 spiro atoms. The number of anilines is 1. The van der Waals surface area contributed by atoms with Crippen LogP contribution in [0.25, 0.3) is 0 Å². The summed E-state index contributed by atoms with van der Waals surface area (Å²) in [5.74, 6) is -0.443. The molecule has 1 aliphatic heterocycles. The van der Waals surface area contributed by atoms with Crippen molar-refractivity contribution in [2.24, 2.45) is 5.92 Å². The van der Waals surface area contributed by atoms with E-state index in [4.69, 9.17) is 0 Å². The third-order valence-electron chi connectivity index (χ3n) is 4.86. The zero-order valence-electron chi connectivity index (χ0n) is 13.1. The Bertz CT molecular complexity index is 683. The Labute approximate surface area is 136 Å². The summed E-state index contributed by atoms with van der Waals surface area (Å²) in [7, 11) is -3.00. The van der Waals surface area contributed by atoms with E-state index in [0.29, 0.717) is 12.1 Å². The SMILES string of the molecule is O=C(CC1CCS(=O)(=O)C1)N(c1ccccc1F)C1CCCC1. The molecule has 1 atom stereocenters. The van der Waals surface area contributed by atoms with Crippen molar-refractivity contribution < 1.29 is 17.6 Å². The van der Waals surface area contributed by atoms with Crippen LogP contribution < -0.4 is 4.90 Å². The van der Waals surface area contributed by atoms with Gasteiger partial charge < -0.3 is 4.90 Å². The number of nitrogens with zero attached hydrogens (tertiary/aromatic N) is 1. The van der Waals surface area contributed by atoms with Gasteiger partial charge in [0, 0.05) is 12.5 Å². The first-order chi connectivity index (χ1) is 11.0. The summed E-state index contributed by atoms with van der Waals surface area (Å²) in [6.45, 7) is 0. The second-order valence-electron chi connectivity index (χ2n) is 6.63. The molecule has 1 saturated heterocycles. The molecule has 1 aromatic carbocycles. The number of carbonyl (C=O) groups is 1. The van der Waals surface area contributed by atoms with Gasteiger partial charge in [-0.2, -0.15) is 0 Å². The maximum atomic E-state index is 14.2. The molecule has 1 heterocycles. The summed E-state index contributed by atoms with van der Waals surface area (Å²) in [6.07, 6.45) is 4.56. The molecule has 1 unspecified atom stereocenters. The van der Waals surface area contributed by atoms with Crippen molar-refractivity contribution in [2.45, 2.75) is 44.6 Å². The lowest BCUT2D eigenvalue weighted by Gasteiger charge is -2.30. The van der Waals surface area contributed by atoms with E-state index < -0.39 is 15.7 Å². The highest BCUT2D eigenvalue weighted by Gasteiger charge is 2.34. The maximum absolute atomic E-state index is 14.2. The molecule has 23 heavy (non-hydrogen) atoms. The fourth-order valence-electron chi connectivity index (χ4n) is 3.72. The van der Waals surface area contributed by atoms with Gasteiger partial charge in [-0.25, -0.2) is 12.8 Å². The average Bonchev–Trinajstić information content (AvgIpc) is 3.11. The van der Waals surface area contributed by atoms with Crippen molar-refractivity contribution in [3.63, 3.8) is 0 Å². The highest BCUT2D eigenvalue weighted by Crippen LogP contribution is 2.32. The molecule has 3 rings (SSSR count). The van der Waals surface area contributed by atoms with Crippen LogP contribution in [0.3, 0.4) is 0 Å². The second-order valence-corrected chi connectivity index (χ2v) is 8.86. The molecule has 0 N–H and O–H groups in total. The van der Waals surface area contributed by atoms with Crippen LogP contribution in [0.5, 0.6) is 0 Å². The fourth-order valence-corrected chi connectivity index (χ4v) is 5.58. The number of para-hydroxylation sites is 1. The lowest BCUT2D eigenvalue weighted by molar-refractivity contribution is -0.119. The van der Waals surface area contributed by atoms with Crippen molar-refractivity contribution in [3.8, 4) is 0 Å². The average molecular weight is 339 g/mol. The maximum Gasteiger partial charge on any atom is 0.227 e. The molecule has 126 valence electrons. The third-order valence-corrected chi connectivity index (χ3v) is 6.70. The number of sulfone groups is 1. The molecule has 6 heteroatoms. The fraction of sp³-hybridized carbons (Fsp3) is 0.588. The Balaban J connectivity index is 1.81. The largest absolute Gasteiger partial charge is 0.307 e. The summed E-state index contributed by atoms with van der Waals surface area (Å²) in [4.78, 5) is 14.4. The predicted molar refractivity (Wildman–Crippen MR) is 87.5 cm³/mol. The normalized spacial score (nSPS) is 24.0. The lowest BCUT2D eigenvalue weighted by atomic mass is 10.0. The van der Waals surface area contributed by atoms with Crippen LogP contribution in [0.4, 0.5) is 10.1 Å². The summed E-state index contributed by atoms with van der Waals surface area (Å²) < 4.78 is 37.4. The van der Waals surface area contributed by atoms with E-state index in [1.807, 2.05) is 0 Å². The molecule has 1 aromatic rings. The van der Waals surface area contributed by atoms with Gasteiger partial charge in [-0.3, -0.25) is 4.79 Å². The van der Waals surface area contributed by atoms with Gasteiger partial charge in [0.15, 0.2) is 9.84 Å². The number of hydrogen-bond donors (Lipinski definition) is 0. The van der Waals surface area contributed by atoms with E-state index in [1.165, 1.54) is 6.07 Å². The van der Waals surface area contributed by atoms with Gasteiger partial charge in [0.05, 0.1) is 17.2 Å². The Hall–Kier alpha value is -1.43. The molecular formula is C17H22FNO3S. The van der Waals surface area contributed by atoms with Gasteiger partial charge in [-0.1, -0.05) is 25.0 Å². The number of rotatable bonds is 4. The van der Waals surface area contributed by atoms with E-state index in [-0.39, 0.29) is 35.8 Å². The highest BCUT2D eigenvalue weighted by atomic mass is 32.2. The Morgan fingerprint density at radius 1 is 1.17 bits per heavy atom. The van der Waals surface area contributed by atoms with Crippen LogP contribution in [-0.2, 0) is 14.6 Å². The van der Waals surface area contributed by atoms with Gasteiger partial charge in [-0.15, -0.1) is 0 Å². The molecule has 4 nitrogen and oxygen atoms in total. The zero-order chi connectivity index (χ0) is 16.4. The van der Waals surface area contributed by atoms with Crippen LogP contribution in [0.1, 0.15) is 38.5 Å². The van der Waals surface area contributed by atoms with Gasteiger partial charge in [0.2, 0.25) is 5.91 Å². The van der Waals surface area contributed by atoms with Gasteiger partial charge >= 0.3 is 0 Å². The molecule has 0 radical (unpaired) electrons. The van der Waals surface area contributed by atoms with Gasteiger partial charge in [0.25, 0.3) is 0 Å². The van der Waals surface area contributed by atoms with Crippen molar-refractivity contribution in [1.82, 2.24) is 0 Å². The van der Waals surface area contributed by atoms with Crippen LogP contribution in [-0.4, -0.2) is 31.9 Å². The first kappa shape index (κ1) is 16.4. The Kier molecular flexibility index (Phi) is 4.71. The molecule has 0 aromatic heterocycles. The van der Waals surface area contributed by atoms with E-state index >= 15 is 0 Å². The molecule has 2 fully saturated rings. The van der Waals surface area contributed by atoms with Crippen LogP contribution >= 0.6 is 0 Å². The second kappa shape index (κ2) is 6.59. The van der Waals surface area contributed by atoms with Crippen molar-refractivity contribution in [1.29, 1.82) is 0 Å². The first-order valence-corrected chi connectivity index (χ1v) is 10.1. The number of hydrogen-bond acceptors (Lipinski definition) is 3. The molecule has 1 aliphatic carbocycles. The topological polar surface area (TPSA) is 54.5 Å². The summed E-state index contributed by atoms with van der Waals surface area (Å²) in [5.41, 5.74) is 0.324. The summed E-state index contributed by atoms with van der Waals surface area (Å²) >= 11 is 0. The minimum atomic E-state index is -3.00. The summed E-state index contributed by atoms with van der Waals surface area (Å²) in [5, 5.41) is 0. The molecule has 2 aliphatic rings. The summed E-state index contributed by atoms with van der Waals surface area (Å²) in [6, 6.07) is 6.37. The van der Waals surface area contributed by atoms with Crippen LogP contribution in [0, 0.1) is 11.7 Å². The smallest absolute Gasteiger partial charge is 0.227 e. The molecule has 0 bridgehead atoms. The molecular weight excluding hydrogens is 317 g/mol. The minimum absolute atomic E-state index is 0.0254. The quantitative estimate of drug-likeness (QED) is 0.847. The van der Waals surface area contributed by atoms with Crippen molar-refractivity contribution in [3.05, 3.63) is 30.1 Å². The van der Waals surface area contributed by atoms with Crippen LogP contribution in [0.15, 0.2) is 24.3 Å². The number of carbonyl (C=O) groups excluding carboxylic acids is 1. The Morgan fingerprint density at radius 3 is 2.48 bits per heavy atom. The Morgan fingerprint density at radius 2 is 1.87 bits per heavy atom. The number of amides is 1. The van der Waals surface area contributed by atoms with E-state index in [0.717, 1.165) is 25.7 Å². The van der Waals surface area contributed by atoms with Crippen molar-refractivity contribution in [2.75, 3.05) is 16.4 Å². The molecule has 1 amide bonds. The first-order valence-electron chi connectivity index (χ1n) is 8.23. The van der Waals surface area contributed by atoms with Crippen LogP contribution in [0.2, 0.25) is 0 Å². The third kappa shape index (κ3) is 3.74.